The fourth-order valence-corrected chi connectivity index (χ4v) is 4.00. The number of pyridine rings is 1. The summed E-state index contributed by atoms with van der Waals surface area (Å²) in [6.07, 6.45) is 2.10. The van der Waals surface area contributed by atoms with Gasteiger partial charge >= 0.3 is 5.97 Å². The van der Waals surface area contributed by atoms with Crippen molar-refractivity contribution in [2.45, 2.75) is 46.2 Å². The average Bonchev–Trinajstić information content (AvgIpc) is 3.26. The lowest BCUT2D eigenvalue weighted by Gasteiger charge is -2.20. The molecule has 3 aromatic rings. The summed E-state index contributed by atoms with van der Waals surface area (Å²) in [5.41, 5.74) is 2.35. The first-order chi connectivity index (χ1) is 16.3. The Morgan fingerprint density at radius 2 is 1.85 bits per heavy atom. The highest BCUT2D eigenvalue weighted by atomic mass is 16.6. The highest BCUT2D eigenvalue weighted by molar-refractivity contribution is 6.07. The van der Waals surface area contributed by atoms with Gasteiger partial charge in [0.1, 0.15) is 19.3 Å². The van der Waals surface area contributed by atoms with Gasteiger partial charge in [-0.2, -0.15) is 5.10 Å². The first-order valence-corrected chi connectivity index (χ1v) is 11.5. The molecule has 0 fully saturated rings. The monoisotopic (exact) mass is 466 g/mol. The number of methoxy groups -OCH3 is 1. The molecule has 180 valence electrons. The molecule has 4 rings (SSSR count). The number of esters is 1. The second kappa shape index (κ2) is 9.70. The summed E-state index contributed by atoms with van der Waals surface area (Å²) in [6.45, 7) is 8.95. The standard InChI is InChI=1S/C25H30N4O5/c1-14(2)10-20(25(31)32-5)28-24(30)17-12-19(27-23-18(17)13-26-29(23)15(3)4)16-6-7-21-22(11-16)34-9-8-33-21/h6-7,11-15,20H,8-10H2,1-5H3,(H,28,30). The highest BCUT2D eigenvalue weighted by Gasteiger charge is 2.26. The molecule has 1 unspecified atom stereocenters. The Morgan fingerprint density at radius 1 is 1.12 bits per heavy atom. The predicted octanol–water partition coefficient (Wildman–Crippen LogP) is 3.77. The van der Waals surface area contributed by atoms with Gasteiger partial charge in [-0.25, -0.2) is 14.5 Å². The van der Waals surface area contributed by atoms with Crippen LogP contribution in [0.25, 0.3) is 22.3 Å². The maximum Gasteiger partial charge on any atom is 0.328 e. The molecule has 2 aromatic heterocycles. The Hall–Kier alpha value is -3.62. The maximum absolute atomic E-state index is 13.4. The molecule has 34 heavy (non-hydrogen) atoms. The van der Waals surface area contributed by atoms with Gasteiger partial charge in [0.25, 0.3) is 5.91 Å². The zero-order valence-corrected chi connectivity index (χ0v) is 20.1. The van der Waals surface area contributed by atoms with Crippen LogP contribution in [-0.2, 0) is 9.53 Å². The minimum atomic E-state index is -0.751. The summed E-state index contributed by atoms with van der Waals surface area (Å²) in [5.74, 6) is 0.647. The van der Waals surface area contributed by atoms with E-state index in [0.29, 0.717) is 53.4 Å². The Kier molecular flexibility index (Phi) is 6.72. The van der Waals surface area contributed by atoms with E-state index in [0.717, 1.165) is 5.56 Å². The van der Waals surface area contributed by atoms with Crippen molar-refractivity contribution in [2.75, 3.05) is 20.3 Å². The fourth-order valence-electron chi connectivity index (χ4n) is 4.00. The van der Waals surface area contributed by atoms with Crippen molar-refractivity contribution in [3.05, 3.63) is 36.0 Å². The number of rotatable bonds is 7. The number of carbonyl (C=O) groups excluding carboxylic acids is 2. The summed E-state index contributed by atoms with van der Waals surface area (Å²) in [6, 6.07) is 6.59. The summed E-state index contributed by atoms with van der Waals surface area (Å²) >= 11 is 0. The molecule has 1 N–H and O–H groups in total. The molecular weight excluding hydrogens is 436 g/mol. The highest BCUT2D eigenvalue weighted by Crippen LogP contribution is 2.35. The minimum absolute atomic E-state index is 0.0418. The second-order valence-electron chi connectivity index (χ2n) is 9.01. The molecule has 3 heterocycles. The number of hydrogen-bond donors (Lipinski definition) is 1. The number of ether oxygens (including phenoxy) is 3. The number of carbonyl (C=O) groups is 2. The molecule has 1 aliphatic rings. The van der Waals surface area contributed by atoms with Gasteiger partial charge in [-0.3, -0.25) is 4.79 Å². The van der Waals surface area contributed by atoms with Crippen LogP contribution in [-0.4, -0.2) is 53.0 Å². The van der Waals surface area contributed by atoms with Crippen molar-refractivity contribution in [1.82, 2.24) is 20.1 Å². The molecule has 0 saturated heterocycles. The van der Waals surface area contributed by atoms with Crippen molar-refractivity contribution >= 4 is 22.9 Å². The quantitative estimate of drug-likeness (QED) is 0.529. The molecule has 1 aliphatic heterocycles. The van der Waals surface area contributed by atoms with E-state index in [1.165, 1.54) is 7.11 Å². The van der Waals surface area contributed by atoms with Gasteiger partial charge in [-0.05, 0) is 50.5 Å². The summed E-state index contributed by atoms with van der Waals surface area (Å²) in [4.78, 5) is 30.6. The van der Waals surface area contributed by atoms with Gasteiger partial charge in [0.05, 0.1) is 30.0 Å². The van der Waals surface area contributed by atoms with E-state index in [1.54, 1.807) is 16.9 Å². The number of fused-ring (bicyclic) bond motifs is 2. The molecular formula is C25H30N4O5. The predicted molar refractivity (Wildman–Crippen MR) is 127 cm³/mol. The summed E-state index contributed by atoms with van der Waals surface area (Å²) in [5, 5.41) is 7.92. The number of benzene rings is 1. The third-order valence-electron chi connectivity index (χ3n) is 5.64. The van der Waals surface area contributed by atoms with Crippen LogP contribution in [0.15, 0.2) is 30.5 Å². The van der Waals surface area contributed by atoms with Gasteiger partial charge in [0.15, 0.2) is 17.1 Å². The number of amides is 1. The number of aromatic nitrogens is 3. The second-order valence-corrected chi connectivity index (χ2v) is 9.01. The zero-order valence-electron chi connectivity index (χ0n) is 20.1. The van der Waals surface area contributed by atoms with Gasteiger partial charge in [-0.1, -0.05) is 13.8 Å². The van der Waals surface area contributed by atoms with Crippen LogP contribution in [0.2, 0.25) is 0 Å². The number of nitrogens with zero attached hydrogens (tertiary/aromatic N) is 3. The Balaban J connectivity index is 1.79. The molecule has 9 heteroatoms. The minimum Gasteiger partial charge on any atom is -0.486 e. The Bertz CT molecular complexity index is 1220. The first kappa shape index (κ1) is 23.5. The molecule has 1 aromatic carbocycles. The van der Waals surface area contributed by atoms with Gasteiger partial charge in [0, 0.05) is 11.6 Å². The fraction of sp³-hybridized carbons (Fsp3) is 0.440. The lowest BCUT2D eigenvalue weighted by molar-refractivity contribution is -0.143. The van der Waals surface area contributed by atoms with Crippen LogP contribution >= 0.6 is 0 Å². The number of hydrogen-bond acceptors (Lipinski definition) is 7. The van der Waals surface area contributed by atoms with Crippen molar-refractivity contribution in [2.24, 2.45) is 5.92 Å². The maximum atomic E-state index is 13.4. The summed E-state index contributed by atoms with van der Waals surface area (Å²) in [7, 11) is 1.32. The SMILES string of the molecule is COC(=O)C(CC(C)C)NC(=O)c1cc(-c2ccc3c(c2)OCCO3)nc2c1cnn2C(C)C. The molecule has 1 amide bonds. The van der Waals surface area contributed by atoms with E-state index < -0.39 is 12.0 Å². The lowest BCUT2D eigenvalue weighted by atomic mass is 10.0. The third-order valence-corrected chi connectivity index (χ3v) is 5.64. The van der Waals surface area contributed by atoms with Crippen molar-refractivity contribution in [3.63, 3.8) is 0 Å². The third kappa shape index (κ3) is 4.69. The number of nitrogens with one attached hydrogen (secondary N) is 1. The van der Waals surface area contributed by atoms with E-state index in [9.17, 15) is 9.59 Å². The molecule has 0 spiro atoms. The smallest absolute Gasteiger partial charge is 0.328 e. The molecule has 0 bridgehead atoms. The molecule has 9 nitrogen and oxygen atoms in total. The van der Waals surface area contributed by atoms with Gasteiger partial charge in [-0.15, -0.1) is 0 Å². The largest absolute Gasteiger partial charge is 0.486 e. The van der Waals surface area contributed by atoms with E-state index in [2.05, 4.69) is 10.4 Å². The van der Waals surface area contributed by atoms with Crippen LogP contribution in [0, 0.1) is 5.92 Å². The first-order valence-electron chi connectivity index (χ1n) is 11.5. The lowest BCUT2D eigenvalue weighted by Crippen LogP contribution is -2.42. The van der Waals surface area contributed by atoms with Gasteiger partial charge in [0.2, 0.25) is 0 Å². The van der Waals surface area contributed by atoms with Crippen LogP contribution in [0.5, 0.6) is 11.5 Å². The molecule has 0 aliphatic carbocycles. The van der Waals surface area contributed by atoms with E-state index >= 15 is 0 Å². The van der Waals surface area contributed by atoms with Crippen LogP contribution in [0.1, 0.15) is 50.5 Å². The van der Waals surface area contributed by atoms with E-state index in [-0.39, 0.29) is 17.9 Å². The topological polar surface area (TPSA) is 105 Å². The van der Waals surface area contributed by atoms with Gasteiger partial charge < -0.3 is 19.5 Å². The van der Waals surface area contributed by atoms with Crippen molar-refractivity contribution < 1.29 is 23.8 Å². The Morgan fingerprint density at radius 3 is 2.53 bits per heavy atom. The van der Waals surface area contributed by atoms with Crippen LogP contribution in [0.3, 0.4) is 0 Å². The normalized spacial score (nSPS) is 13.9. The molecule has 0 radical (unpaired) electrons. The molecule has 1 atom stereocenters. The van der Waals surface area contributed by atoms with E-state index in [4.69, 9.17) is 19.2 Å². The van der Waals surface area contributed by atoms with Crippen LogP contribution in [0.4, 0.5) is 0 Å². The Labute approximate surface area is 198 Å². The van der Waals surface area contributed by atoms with Crippen molar-refractivity contribution in [3.8, 4) is 22.8 Å². The summed E-state index contributed by atoms with van der Waals surface area (Å²) < 4.78 is 18.0. The van der Waals surface area contributed by atoms with E-state index in [1.807, 2.05) is 45.9 Å². The zero-order chi connectivity index (χ0) is 24.4. The van der Waals surface area contributed by atoms with Crippen LogP contribution < -0.4 is 14.8 Å². The molecule has 0 saturated carbocycles. The average molecular weight is 467 g/mol. The van der Waals surface area contributed by atoms with Crippen molar-refractivity contribution in [1.29, 1.82) is 0 Å².